The zero-order chi connectivity index (χ0) is 23.8. The Morgan fingerprint density at radius 2 is 1.94 bits per heavy atom. The monoisotopic (exact) mass is 487 g/mol. The third kappa shape index (κ3) is 4.72. The Hall–Kier alpha value is -2.97. The van der Waals surface area contributed by atoms with E-state index in [0.717, 1.165) is 17.2 Å². The first-order valence-electron chi connectivity index (χ1n) is 10.5. The molecule has 172 valence electrons. The maximum absolute atomic E-state index is 14.8. The van der Waals surface area contributed by atoms with Crippen LogP contribution in [0.4, 0.5) is 10.1 Å². The molecular weight excluding hydrogens is 465 g/mol. The summed E-state index contributed by atoms with van der Waals surface area (Å²) in [6.45, 7) is 3.29. The number of dihydropyridines is 1. The summed E-state index contributed by atoms with van der Waals surface area (Å²) < 4.78 is 41.7. The van der Waals surface area contributed by atoms with Gasteiger partial charge in [0.05, 0.1) is 17.0 Å². The molecular formula is C24H23ClFN3O3S. The Morgan fingerprint density at radius 3 is 2.64 bits per heavy atom. The summed E-state index contributed by atoms with van der Waals surface area (Å²) in [4.78, 5) is 18.0. The molecule has 0 saturated heterocycles. The molecule has 0 fully saturated rings. The van der Waals surface area contributed by atoms with E-state index in [0.29, 0.717) is 17.0 Å². The molecule has 6 nitrogen and oxygen atoms in total. The molecule has 2 heterocycles. The van der Waals surface area contributed by atoms with Crippen LogP contribution in [0, 0.1) is 18.7 Å². The first-order chi connectivity index (χ1) is 15.7. The summed E-state index contributed by atoms with van der Waals surface area (Å²) in [5.74, 6) is -1.68. The Balaban J connectivity index is 1.66. The van der Waals surface area contributed by atoms with Gasteiger partial charge in [-0.2, -0.15) is 0 Å². The van der Waals surface area contributed by atoms with Crippen molar-refractivity contribution in [3.63, 3.8) is 0 Å². The molecule has 0 aromatic heterocycles. The Labute approximate surface area is 197 Å². The second kappa shape index (κ2) is 9.11. The second-order valence-corrected chi connectivity index (χ2v) is 10.3. The number of ketones is 1. The minimum Gasteiger partial charge on any atom is -0.369 e. The largest absolute Gasteiger partial charge is 0.369 e. The van der Waals surface area contributed by atoms with Crippen LogP contribution in [0.25, 0.3) is 5.57 Å². The Morgan fingerprint density at radius 1 is 1.21 bits per heavy atom. The number of nitrogens with zero attached hydrogens (tertiary/aromatic N) is 1. The van der Waals surface area contributed by atoms with Crippen LogP contribution in [-0.2, 0) is 10.0 Å². The van der Waals surface area contributed by atoms with Crippen molar-refractivity contribution in [3.05, 3.63) is 81.8 Å². The first-order valence-corrected chi connectivity index (χ1v) is 12.5. The fourth-order valence-corrected chi connectivity index (χ4v) is 5.31. The Kier molecular flexibility index (Phi) is 6.41. The SMILES string of the molecule is CCCS(=O)(=O)Nc1ccc(F)c(C(=O)C2=CNC3N=CC(c4ccc(Cl)cc4)=CC23)c1C. The number of carbonyl (C=O) groups excluding carboxylic acids is 1. The topological polar surface area (TPSA) is 87.6 Å². The van der Waals surface area contributed by atoms with E-state index in [-0.39, 0.29) is 28.7 Å². The number of hydrogen-bond donors (Lipinski definition) is 2. The number of halogens is 2. The number of Topliss-reactive ketones (excluding diaryl/α,β-unsaturated/α-hetero) is 1. The number of anilines is 1. The highest BCUT2D eigenvalue weighted by atomic mass is 35.5. The molecule has 4 rings (SSSR count). The van der Waals surface area contributed by atoms with Crippen LogP contribution >= 0.6 is 11.6 Å². The van der Waals surface area contributed by atoms with Crippen molar-refractivity contribution in [1.82, 2.24) is 5.32 Å². The predicted octanol–water partition coefficient (Wildman–Crippen LogP) is 4.72. The normalized spacial score (nSPS) is 19.4. The number of aliphatic imine (C=N–C) groups is 1. The number of hydrogen-bond acceptors (Lipinski definition) is 5. The zero-order valence-electron chi connectivity index (χ0n) is 18.1. The highest BCUT2D eigenvalue weighted by molar-refractivity contribution is 7.92. The van der Waals surface area contributed by atoms with E-state index < -0.39 is 27.5 Å². The molecule has 2 N–H and O–H groups in total. The third-order valence-electron chi connectivity index (χ3n) is 5.66. The minimum absolute atomic E-state index is 0.0673. The van der Waals surface area contributed by atoms with Gasteiger partial charge in [-0.15, -0.1) is 0 Å². The van der Waals surface area contributed by atoms with Crippen LogP contribution in [0.3, 0.4) is 0 Å². The van der Waals surface area contributed by atoms with Crippen molar-refractivity contribution in [2.24, 2.45) is 10.9 Å². The molecule has 2 unspecified atom stereocenters. The predicted molar refractivity (Wildman–Crippen MR) is 130 cm³/mol. The number of allylic oxidation sites excluding steroid dienone is 1. The van der Waals surface area contributed by atoms with Gasteiger partial charge in [0.1, 0.15) is 12.0 Å². The van der Waals surface area contributed by atoms with Gasteiger partial charge in [-0.25, -0.2) is 12.8 Å². The van der Waals surface area contributed by atoms with E-state index in [1.54, 1.807) is 31.5 Å². The van der Waals surface area contributed by atoms with Gasteiger partial charge in [0.25, 0.3) is 0 Å². The van der Waals surface area contributed by atoms with Gasteiger partial charge < -0.3 is 5.32 Å². The van der Waals surface area contributed by atoms with Crippen molar-refractivity contribution >= 4 is 44.9 Å². The van der Waals surface area contributed by atoms with Gasteiger partial charge in [-0.05, 0) is 54.3 Å². The van der Waals surface area contributed by atoms with Gasteiger partial charge >= 0.3 is 0 Å². The minimum atomic E-state index is -3.59. The van der Waals surface area contributed by atoms with E-state index in [4.69, 9.17) is 11.6 Å². The summed E-state index contributed by atoms with van der Waals surface area (Å²) in [5, 5.41) is 3.68. The molecule has 2 atom stereocenters. The van der Waals surface area contributed by atoms with Crippen molar-refractivity contribution in [1.29, 1.82) is 0 Å². The molecule has 0 spiro atoms. The maximum Gasteiger partial charge on any atom is 0.232 e. The van der Waals surface area contributed by atoms with Crippen molar-refractivity contribution in [2.75, 3.05) is 10.5 Å². The number of sulfonamides is 1. The molecule has 2 aromatic rings. The molecule has 2 aliphatic heterocycles. The number of nitrogens with one attached hydrogen (secondary N) is 2. The van der Waals surface area contributed by atoms with Gasteiger partial charge in [-0.3, -0.25) is 14.5 Å². The van der Waals surface area contributed by atoms with Gasteiger partial charge in [0.2, 0.25) is 10.0 Å². The standard InChI is InChI=1S/C24H23ClFN3O3S/c1-3-10-33(31,32)29-21-9-8-20(26)22(14(21)2)23(30)19-13-28-24-18(19)11-16(12-27-24)15-4-6-17(25)7-5-15/h4-9,11-13,18,24,28-29H,3,10H2,1-2H3. The average Bonchev–Trinajstić information content (AvgIpc) is 3.19. The van der Waals surface area contributed by atoms with Gasteiger partial charge in [-0.1, -0.05) is 36.7 Å². The number of carbonyl (C=O) groups is 1. The first kappa shape index (κ1) is 23.2. The molecule has 0 aliphatic carbocycles. The third-order valence-corrected chi connectivity index (χ3v) is 7.39. The van der Waals surface area contributed by atoms with E-state index in [2.05, 4.69) is 15.0 Å². The highest BCUT2D eigenvalue weighted by Gasteiger charge is 2.36. The number of benzene rings is 2. The van der Waals surface area contributed by atoms with Crippen LogP contribution < -0.4 is 10.0 Å². The van der Waals surface area contributed by atoms with Gasteiger partial charge in [0.15, 0.2) is 5.78 Å². The Bertz CT molecular complexity index is 1300. The molecule has 0 saturated carbocycles. The fraction of sp³-hybridized carbons (Fsp3) is 0.250. The summed E-state index contributed by atoms with van der Waals surface area (Å²) in [6.07, 6.45) is 5.28. The number of rotatable bonds is 7. The highest BCUT2D eigenvalue weighted by Crippen LogP contribution is 2.34. The lowest BCUT2D eigenvalue weighted by Gasteiger charge is -2.22. The van der Waals surface area contributed by atoms with Crippen LogP contribution in [0.2, 0.25) is 5.02 Å². The van der Waals surface area contributed by atoms with Crippen LogP contribution in [-0.4, -0.2) is 32.3 Å². The maximum atomic E-state index is 14.8. The molecule has 2 aromatic carbocycles. The van der Waals surface area contributed by atoms with Gasteiger partial charge in [0, 0.05) is 28.9 Å². The molecule has 0 bridgehead atoms. The number of fused-ring (bicyclic) bond motifs is 1. The summed E-state index contributed by atoms with van der Waals surface area (Å²) >= 11 is 5.98. The fourth-order valence-electron chi connectivity index (χ4n) is 3.99. The lowest BCUT2D eigenvalue weighted by molar-refractivity contribution is 0.102. The zero-order valence-corrected chi connectivity index (χ0v) is 19.7. The smallest absolute Gasteiger partial charge is 0.232 e. The van der Waals surface area contributed by atoms with Crippen molar-refractivity contribution < 1.29 is 17.6 Å². The summed E-state index contributed by atoms with van der Waals surface area (Å²) in [6, 6.07) is 9.72. The second-order valence-electron chi connectivity index (χ2n) is 7.99. The lowest BCUT2D eigenvalue weighted by Crippen LogP contribution is -2.28. The molecule has 0 amide bonds. The van der Waals surface area contributed by atoms with Crippen LogP contribution in [0.5, 0.6) is 0 Å². The quantitative estimate of drug-likeness (QED) is 0.553. The molecule has 0 radical (unpaired) electrons. The molecule has 9 heteroatoms. The van der Waals surface area contributed by atoms with E-state index in [9.17, 15) is 17.6 Å². The van der Waals surface area contributed by atoms with E-state index in [1.807, 2.05) is 18.2 Å². The summed E-state index contributed by atoms with van der Waals surface area (Å²) in [7, 11) is -3.59. The van der Waals surface area contributed by atoms with Crippen molar-refractivity contribution in [2.45, 2.75) is 26.4 Å². The van der Waals surface area contributed by atoms with E-state index >= 15 is 0 Å². The van der Waals surface area contributed by atoms with Crippen molar-refractivity contribution in [3.8, 4) is 0 Å². The van der Waals surface area contributed by atoms with Crippen LogP contribution in [0.1, 0.15) is 34.8 Å². The van der Waals surface area contributed by atoms with Crippen LogP contribution in [0.15, 0.2) is 59.2 Å². The van der Waals surface area contributed by atoms with E-state index in [1.165, 1.54) is 13.0 Å². The lowest BCUT2D eigenvalue weighted by atomic mass is 9.87. The molecule has 2 aliphatic rings. The summed E-state index contributed by atoms with van der Waals surface area (Å²) in [5.41, 5.74) is 2.36. The molecule has 33 heavy (non-hydrogen) atoms. The average molecular weight is 488 g/mol.